The van der Waals surface area contributed by atoms with Crippen LogP contribution in [0.15, 0.2) is 72.8 Å². The van der Waals surface area contributed by atoms with Crippen LogP contribution < -0.4 is 10.1 Å². The van der Waals surface area contributed by atoms with Crippen molar-refractivity contribution >= 4 is 12.1 Å². The van der Waals surface area contributed by atoms with Gasteiger partial charge in [0.2, 0.25) is 0 Å². The molecule has 158 valence electrons. The quantitative estimate of drug-likeness (QED) is 0.580. The van der Waals surface area contributed by atoms with Crippen LogP contribution in [0.2, 0.25) is 0 Å². The first kappa shape index (κ1) is 20.5. The summed E-state index contributed by atoms with van der Waals surface area (Å²) < 4.78 is 10.7. The van der Waals surface area contributed by atoms with Gasteiger partial charge in [0.1, 0.15) is 12.4 Å². The summed E-state index contributed by atoms with van der Waals surface area (Å²) in [5.74, 6) is -0.421. The number of carbonyl (C=O) groups is 2. The number of benzene rings is 3. The third-order valence-corrected chi connectivity index (χ3v) is 5.53. The van der Waals surface area contributed by atoms with Gasteiger partial charge in [-0.05, 0) is 39.9 Å². The summed E-state index contributed by atoms with van der Waals surface area (Å²) in [6.45, 7) is 0.169. The van der Waals surface area contributed by atoms with Crippen molar-refractivity contribution in [2.75, 3.05) is 13.7 Å². The lowest BCUT2D eigenvalue weighted by atomic mass is 9.98. The Bertz CT molecular complexity index is 1050. The van der Waals surface area contributed by atoms with Gasteiger partial charge in [0, 0.05) is 5.92 Å². The van der Waals surface area contributed by atoms with Gasteiger partial charge < -0.3 is 19.9 Å². The Morgan fingerprint density at radius 3 is 2.06 bits per heavy atom. The highest BCUT2D eigenvalue weighted by molar-refractivity contribution is 5.79. The Hall–Kier alpha value is -3.80. The molecular weight excluding hydrogens is 394 g/mol. The number of hydrogen-bond acceptors (Lipinski definition) is 4. The van der Waals surface area contributed by atoms with Crippen LogP contribution in [-0.4, -0.2) is 30.9 Å². The standard InChI is InChI=1S/C25H23NO5/c1-30-17-12-10-16(11-13-17)23(14-24(27)28)26-25(29)31-15-22-20-8-4-2-6-18(20)19-7-3-5-9-21(19)22/h2-13,22-23H,14-15H2,1H3,(H,26,29)(H,27,28)/t23-/m1/s1. The molecule has 0 aromatic heterocycles. The van der Waals surface area contributed by atoms with E-state index in [1.807, 2.05) is 36.4 Å². The molecule has 0 fully saturated rings. The molecule has 1 aliphatic rings. The number of carbonyl (C=O) groups excluding carboxylic acids is 1. The van der Waals surface area contributed by atoms with E-state index in [0.29, 0.717) is 11.3 Å². The van der Waals surface area contributed by atoms with Crippen LogP contribution in [0.5, 0.6) is 5.75 Å². The van der Waals surface area contributed by atoms with E-state index in [2.05, 4.69) is 17.4 Å². The van der Waals surface area contributed by atoms with E-state index in [1.165, 1.54) is 0 Å². The Morgan fingerprint density at radius 2 is 1.52 bits per heavy atom. The first-order valence-electron chi connectivity index (χ1n) is 10.0. The van der Waals surface area contributed by atoms with Crippen LogP contribution in [0.25, 0.3) is 11.1 Å². The second-order valence-electron chi connectivity index (χ2n) is 7.39. The van der Waals surface area contributed by atoms with Gasteiger partial charge in [0.15, 0.2) is 0 Å². The molecule has 31 heavy (non-hydrogen) atoms. The third kappa shape index (κ3) is 4.38. The van der Waals surface area contributed by atoms with Gasteiger partial charge in [-0.3, -0.25) is 4.79 Å². The van der Waals surface area contributed by atoms with Crippen molar-refractivity contribution in [3.8, 4) is 16.9 Å². The molecule has 0 saturated carbocycles. The molecule has 3 aromatic rings. The molecule has 0 heterocycles. The summed E-state index contributed by atoms with van der Waals surface area (Å²) in [6, 6.07) is 22.4. The number of ether oxygens (including phenoxy) is 2. The fourth-order valence-corrected chi connectivity index (χ4v) is 4.05. The molecule has 1 amide bonds. The first-order valence-corrected chi connectivity index (χ1v) is 10.0. The maximum Gasteiger partial charge on any atom is 0.407 e. The fourth-order valence-electron chi connectivity index (χ4n) is 4.05. The van der Waals surface area contributed by atoms with E-state index < -0.39 is 18.1 Å². The van der Waals surface area contributed by atoms with Crippen LogP contribution in [0, 0.1) is 0 Å². The summed E-state index contributed by atoms with van der Waals surface area (Å²) in [4.78, 5) is 23.9. The van der Waals surface area contributed by atoms with E-state index in [1.54, 1.807) is 31.4 Å². The number of rotatable bonds is 7. The maximum atomic E-state index is 12.6. The predicted octanol–water partition coefficient (Wildman–Crippen LogP) is 4.75. The highest BCUT2D eigenvalue weighted by atomic mass is 16.5. The minimum atomic E-state index is -1.01. The zero-order valence-corrected chi connectivity index (χ0v) is 17.1. The lowest BCUT2D eigenvalue weighted by Gasteiger charge is -2.19. The number of carboxylic acids is 1. The van der Waals surface area contributed by atoms with Crippen LogP contribution >= 0.6 is 0 Å². The molecule has 1 aliphatic carbocycles. The third-order valence-electron chi connectivity index (χ3n) is 5.53. The van der Waals surface area contributed by atoms with Crippen molar-refractivity contribution in [1.82, 2.24) is 5.32 Å². The molecule has 0 spiro atoms. The van der Waals surface area contributed by atoms with E-state index in [9.17, 15) is 14.7 Å². The second kappa shape index (κ2) is 8.92. The lowest BCUT2D eigenvalue weighted by Crippen LogP contribution is -2.31. The zero-order chi connectivity index (χ0) is 21.8. The fraction of sp³-hybridized carbons (Fsp3) is 0.200. The monoisotopic (exact) mass is 417 g/mol. The van der Waals surface area contributed by atoms with E-state index in [-0.39, 0.29) is 18.9 Å². The summed E-state index contributed by atoms with van der Waals surface area (Å²) in [5, 5.41) is 12.0. The minimum Gasteiger partial charge on any atom is -0.497 e. The van der Waals surface area contributed by atoms with E-state index in [0.717, 1.165) is 22.3 Å². The molecule has 0 aliphatic heterocycles. The second-order valence-corrected chi connectivity index (χ2v) is 7.39. The first-order chi connectivity index (χ1) is 15.1. The highest BCUT2D eigenvalue weighted by Gasteiger charge is 2.29. The van der Waals surface area contributed by atoms with Crippen LogP contribution in [0.1, 0.15) is 35.1 Å². The van der Waals surface area contributed by atoms with E-state index in [4.69, 9.17) is 9.47 Å². The Balaban J connectivity index is 1.47. The maximum absolute atomic E-state index is 12.6. The van der Waals surface area contributed by atoms with Crippen LogP contribution in [0.3, 0.4) is 0 Å². The lowest BCUT2D eigenvalue weighted by molar-refractivity contribution is -0.137. The number of hydrogen-bond donors (Lipinski definition) is 2. The molecular formula is C25H23NO5. The van der Waals surface area contributed by atoms with Crippen molar-refractivity contribution < 1.29 is 24.2 Å². The number of methoxy groups -OCH3 is 1. The summed E-state index contributed by atoms with van der Waals surface area (Å²) in [7, 11) is 1.55. The SMILES string of the molecule is COc1ccc([C@@H](CC(=O)O)NC(=O)OCC2c3ccccc3-c3ccccc32)cc1. The van der Waals surface area contributed by atoms with Crippen molar-refractivity contribution in [1.29, 1.82) is 0 Å². The van der Waals surface area contributed by atoms with E-state index >= 15 is 0 Å². The van der Waals surface area contributed by atoms with Gasteiger partial charge in [-0.1, -0.05) is 60.7 Å². The van der Waals surface area contributed by atoms with Gasteiger partial charge in [0.05, 0.1) is 19.6 Å². The molecule has 4 rings (SSSR count). The smallest absolute Gasteiger partial charge is 0.407 e. The van der Waals surface area contributed by atoms with Gasteiger partial charge in [-0.25, -0.2) is 4.79 Å². The van der Waals surface area contributed by atoms with Crippen LogP contribution in [0.4, 0.5) is 4.79 Å². The number of carboxylic acid groups (broad SMARTS) is 1. The molecule has 2 N–H and O–H groups in total. The van der Waals surface area contributed by atoms with Crippen molar-refractivity contribution in [2.24, 2.45) is 0 Å². The topological polar surface area (TPSA) is 84.9 Å². The van der Waals surface area contributed by atoms with Gasteiger partial charge in [-0.2, -0.15) is 0 Å². The summed E-state index contributed by atoms with van der Waals surface area (Å²) in [6.07, 6.45) is -0.903. The Labute approximate surface area is 180 Å². The molecule has 0 saturated heterocycles. The number of amides is 1. The predicted molar refractivity (Wildman–Crippen MR) is 116 cm³/mol. The Kier molecular flexibility index (Phi) is 5.89. The van der Waals surface area contributed by atoms with Crippen molar-refractivity contribution in [3.63, 3.8) is 0 Å². The number of fused-ring (bicyclic) bond motifs is 3. The van der Waals surface area contributed by atoms with Gasteiger partial charge in [-0.15, -0.1) is 0 Å². The number of aliphatic carboxylic acids is 1. The van der Waals surface area contributed by atoms with Gasteiger partial charge in [0.25, 0.3) is 0 Å². The van der Waals surface area contributed by atoms with Crippen LogP contribution in [-0.2, 0) is 9.53 Å². The Morgan fingerprint density at radius 1 is 0.935 bits per heavy atom. The number of nitrogens with one attached hydrogen (secondary N) is 1. The zero-order valence-electron chi connectivity index (χ0n) is 17.1. The highest BCUT2D eigenvalue weighted by Crippen LogP contribution is 2.44. The molecule has 0 radical (unpaired) electrons. The summed E-state index contributed by atoms with van der Waals surface area (Å²) >= 11 is 0. The van der Waals surface area contributed by atoms with Crippen molar-refractivity contribution in [3.05, 3.63) is 89.5 Å². The summed E-state index contributed by atoms with van der Waals surface area (Å²) in [5.41, 5.74) is 5.20. The average Bonchev–Trinajstić information content (AvgIpc) is 3.11. The normalized spacial score (nSPS) is 13.1. The van der Waals surface area contributed by atoms with Gasteiger partial charge >= 0.3 is 12.1 Å². The largest absolute Gasteiger partial charge is 0.497 e. The molecule has 6 heteroatoms. The van der Waals surface area contributed by atoms with Crippen molar-refractivity contribution in [2.45, 2.75) is 18.4 Å². The molecule has 3 aromatic carbocycles. The molecule has 1 atom stereocenters. The molecule has 0 bridgehead atoms. The average molecular weight is 417 g/mol. The minimum absolute atomic E-state index is 0.0583. The number of alkyl carbamates (subject to hydrolysis) is 1. The molecule has 6 nitrogen and oxygen atoms in total. The molecule has 0 unspecified atom stereocenters.